The van der Waals surface area contributed by atoms with Gasteiger partial charge in [0.2, 0.25) is 0 Å². The molecule has 0 aliphatic heterocycles. The van der Waals surface area contributed by atoms with Gasteiger partial charge in [0.15, 0.2) is 0 Å². The fourth-order valence-electron chi connectivity index (χ4n) is 0.635. The number of hydrogen-bond acceptors (Lipinski definition) is 4. The lowest BCUT2D eigenvalue weighted by Gasteiger charge is -2.20. The molecule has 13 heavy (non-hydrogen) atoms. The number of nitrogens with one attached hydrogen (secondary N) is 1. The highest BCUT2D eigenvalue weighted by Crippen LogP contribution is 2.20. The molecule has 0 heterocycles. The average Bonchev–Trinajstić information content (AvgIpc) is 2.12. The Morgan fingerprint density at radius 1 is 1.54 bits per heavy atom. The molecule has 0 saturated carbocycles. The lowest BCUT2D eigenvalue weighted by atomic mass is 9.91. The average molecular weight is 189 g/mol. The molecule has 0 radical (unpaired) electrons. The van der Waals surface area contributed by atoms with E-state index in [1.165, 1.54) is 0 Å². The van der Waals surface area contributed by atoms with Crippen LogP contribution in [0.15, 0.2) is 0 Å². The van der Waals surface area contributed by atoms with E-state index < -0.39 is 5.41 Å². The van der Waals surface area contributed by atoms with E-state index in [0.717, 1.165) is 6.42 Å². The minimum atomic E-state index is -0.404. The van der Waals surface area contributed by atoms with Crippen LogP contribution < -0.4 is 5.32 Å². The van der Waals surface area contributed by atoms with Crippen molar-refractivity contribution in [2.75, 3.05) is 19.9 Å². The van der Waals surface area contributed by atoms with Crippen molar-refractivity contribution >= 4 is 5.97 Å². The Hall–Kier alpha value is -0.610. The molecule has 78 valence electrons. The Morgan fingerprint density at radius 2 is 2.15 bits per heavy atom. The Morgan fingerprint density at radius 3 is 2.62 bits per heavy atom. The number of carbonyl (C=O) groups excluding carboxylic acids is 1. The van der Waals surface area contributed by atoms with Crippen molar-refractivity contribution < 1.29 is 14.6 Å². The molecule has 0 aliphatic carbocycles. The number of hydrogen-bond donors (Lipinski definition) is 2. The predicted molar refractivity (Wildman–Crippen MR) is 50.1 cm³/mol. The summed E-state index contributed by atoms with van der Waals surface area (Å²) in [5.74, 6) is -0.185. The molecule has 0 aromatic heterocycles. The summed E-state index contributed by atoms with van der Waals surface area (Å²) in [5.41, 5.74) is -0.404. The van der Waals surface area contributed by atoms with Gasteiger partial charge in [-0.25, -0.2) is 0 Å². The van der Waals surface area contributed by atoms with Crippen molar-refractivity contribution in [1.82, 2.24) is 5.32 Å². The number of carbonyl (C=O) groups is 1. The number of rotatable bonds is 6. The molecule has 0 rings (SSSR count). The highest BCUT2D eigenvalue weighted by Gasteiger charge is 2.26. The molecule has 4 heteroatoms. The summed E-state index contributed by atoms with van der Waals surface area (Å²) in [7, 11) is 0. The summed E-state index contributed by atoms with van der Waals surface area (Å²) < 4.78 is 4.99. The van der Waals surface area contributed by atoms with Crippen molar-refractivity contribution in [2.45, 2.75) is 27.2 Å². The molecule has 0 saturated heterocycles. The van der Waals surface area contributed by atoms with Crippen LogP contribution >= 0.6 is 0 Å². The minimum Gasteiger partial charge on any atom is -0.464 e. The van der Waals surface area contributed by atoms with Crippen LogP contribution in [0.3, 0.4) is 0 Å². The van der Waals surface area contributed by atoms with Crippen molar-refractivity contribution in [1.29, 1.82) is 0 Å². The van der Waals surface area contributed by atoms with Crippen LogP contribution in [0.2, 0.25) is 0 Å². The highest BCUT2D eigenvalue weighted by atomic mass is 16.5. The molecule has 0 fully saturated rings. The van der Waals surface area contributed by atoms with Crippen LogP contribution in [-0.4, -0.2) is 31.0 Å². The van der Waals surface area contributed by atoms with Crippen molar-refractivity contribution in [2.24, 2.45) is 5.41 Å². The zero-order valence-electron chi connectivity index (χ0n) is 8.59. The van der Waals surface area contributed by atoms with Crippen LogP contribution in [-0.2, 0) is 9.53 Å². The van der Waals surface area contributed by atoms with Gasteiger partial charge in [0, 0.05) is 6.54 Å². The van der Waals surface area contributed by atoms with E-state index in [9.17, 15) is 4.79 Å². The van der Waals surface area contributed by atoms with E-state index in [2.05, 4.69) is 5.32 Å². The number of aliphatic hydroxyl groups excluding tert-OH is 1. The van der Waals surface area contributed by atoms with Gasteiger partial charge in [-0.1, -0.05) is 6.92 Å². The summed E-state index contributed by atoms with van der Waals surface area (Å²) in [6.45, 7) is 6.37. The normalized spacial score (nSPS) is 11.4. The largest absolute Gasteiger partial charge is 0.464 e. The zero-order valence-corrected chi connectivity index (χ0v) is 8.59. The maximum atomic E-state index is 11.3. The van der Waals surface area contributed by atoms with E-state index in [-0.39, 0.29) is 12.7 Å². The third-order valence-electron chi connectivity index (χ3n) is 2.06. The van der Waals surface area contributed by atoms with E-state index in [0.29, 0.717) is 13.2 Å². The molecular formula is C9H19NO3. The summed E-state index contributed by atoms with van der Waals surface area (Å²) in [6, 6.07) is 0. The fraction of sp³-hybridized carbons (Fsp3) is 0.889. The predicted octanol–water partition coefficient (Wildman–Crippen LogP) is 0.505. The first-order valence-corrected chi connectivity index (χ1v) is 4.53. The molecule has 0 aromatic rings. The Kier molecular flexibility index (Phi) is 5.66. The summed E-state index contributed by atoms with van der Waals surface area (Å²) in [4.78, 5) is 11.3. The SMILES string of the molecule is CCC(C)(C)C(=O)OCCNCO. The topological polar surface area (TPSA) is 58.6 Å². The minimum absolute atomic E-state index is 0.0886. The first-order valence-electron chi connectivity index (χ1n) is 4.53. The molecule has 0 atom stereocenters. The summed E-state index contributed by atoms with van der Waals surface area (Å²) in [6.07, 6.45) is 0.763. The number of aliphatic hydroxyl groups is 1. The van der Waals surface area contributed by atoms with Crippen molar-refractivity contribution in [3.63, 3.8) is 0 Å². The van der Waals surface area contributed by atoms with Crippen molar-refractivity contribution in [3.8, 4) is 0 Å². The molecule has 0 unspecified atom stereocenters. The molecule has 4 nitrogen and oxygen atoms in total. The molecule has 0 aromatic carbocycles. The van der Waals surface area contributed by atoms with Crippen LogP contribution in [0.5, 0.6) is 0 Å². The van der Waals surface area contributed by atoms with Gasteiger partial charge in [-0.3, -0.25) is 10.1 Å². The van der Waals surface area contributed by atoms with Crippen LogP contribution in [0.1, 0.15) is 27.2 Å². The maximum Gasteiger partial charge on any atom is 0.311 e. The Bertz CT molecular complexity index is 157. The van der Waals surface area contributed by atoms with Gasteiger partial charge in [-0.2, -0.15) is 0 Å². The Labute approximate surface area is 79.3 Å². The third-order valence-corrected chi connectivity index (χ3v) is 2.06. The molecule has 2 N–H and O–H groups in total. The zero-order chi connectivity index (χ0) is 10.3. The van der Waals surface area contributed by atoms with Gasteiger partial charge in [0.1, 0.15) is 6.61 Å². The van der Waals surface area contributed by atoms with Crippen LogP contribution in [0.25, 0.3) is 0 Å². The summed E-state index contributed by atoms with van der Waals surface area (Å²) in [5, 5.41) is 11.0. The van der Waals surface area contributed by atoms with Gasteiger partial charge < -0.3 is 9.84 Å². The van der Waals surface area contributed by atoms with Gasteiger partial charge in [0.25, 0.3) is 0 Å². The second-order valence-corrected chi connectivity index (χ2v) is 3.53. The molecule has 0 spiro atoms. The standard InChI is InChI=1S/C9H19NO3/c1-4-9(2,3)8(12)13-6-5-10-7-11/h10-11H,4-7H2,1-3H3. The second kappa shape index (κ2) is 5.94. The van der Waals surface area contributed by atoms with E-state index in [1.54, 1.807) is 0 Å². The van der Waals surface area contributed by atoms with Crippen molar-refractivity contribution in [3.05, 3.63) is 0 Å². The smallest absolute Gasteiger partial charge is 0.311 e. The molecule has 0 aliphatic rings. The lowest BCUT2D eigenvalue weighted by molar-refractivity contribution is -0.154. The highest BCUT2D eigenvalue weighted by molar-refractivity contribution is 5.75. The quantitative estimate of drug-likeness (QED) is 0.363. The van der Waals surface area contributed by atoms with Gasteiger partial charge >= 0.3 is 5.97 Å². The van der Waals surface area contributed by atoms with Crippen LogP contribution in [0.4, 0.5) is 0 Å². The van der Waals surface area contributed by atoms with Gasteiger partial charge in [0.05, 0.1) is 12.1 Å². The maximum absolute atomic E-state index is 11.3. The number of esters is 1. The second-order valence-electron chi connectivity index (χ2n) is 3.53. The van der Waals surface area contributed by atoms with Crippen LogP contribution in [0, 0.1) is 5.41 Å². The fourth-order valence-corrected chi connectivity index (χ4v) is 0.635. The third kappa shape index (κ3) is 4.85. The monoisotopic (exact) mass is 189 g/mol. The first-order chi connectivity index (χ1) is 6.04. The van der Waals surface area contributed by atoms with Gasteiger partial charge in [-0.15, -0.1) is 0 Å². The first kappa shape index (κ1) is 12.4. The lowest BCUT2D eigenvalue weighted by Crippen LogP contribution is -2.29. The Balaban J connectivity index is 3.62. The van der Waals surface area contributed by atoms with E-state index in [1.807, 2.05) is 20.8 Å². The molecular weight excluding hydrogens is 170 g/mol. The molecule has 0 amide bonds. The van der Waals surface area contributed by atoms with Gasteiger partial charge in [-0.05, 0) is 20.3 Å². The van der Waals surface area contributed by atoms with E-state index >= 15 is 0 Å². The van der Waals surface area contributed by atoms with E-state index in [4.69, 9.17) is 9.84 Å². The summed E-state index contributed by atoms with van der Waals surface area (Å²) >= 11 is 0. The number of ether oxygens (including phenoxy) is 1. The molecule has 0 bridgehead atoms.